The molecule has 1 rings (SSSR count). The third-order valence-corrected chi connectivity index (χ3v) is 1.97. The van der Waals surface area contributed by atoms with Gasteiger partial charge in [-0.05, 0) is 23.3 Å². The molecule has 0 heterocycles. The van der Waals surface area contributed by atoms with Crippen molar-refractivity contribution >= 4 is 0 Å². The molecule has 0 aliphatic carbocycles. The highest BCUT2D eigenvalue weighted by atomic mass is 19.4. The maximum atomic E-state index is 12.4. The van der Waals surface area contributed by atoms with Crippen LogP contribution in [-0.2, 0) is 19.2 Å². The third kappa shape index (κ3) is 4.26. The van der Waals surface area contributed by atoms with Crippen molar-refractivity contribution in [2.45, 2.75) is 25.4 Å². The van der Waals surface area contributed by atoms with Gasteiger partial charge in [-0.2, -0.15) is 26.3 Å². The molecule has 0 spiro atoms. The summed E-state index contributed by atoms with van der Waals surface area (Å²) < 4.78 is 73.2. The van der Waals surface area contributed by atoms with Crippen LogP contribution in [0.3, 0.4) is 0 Å². The number of aliphatic hydroxyl groups excluding tert-OH is 1. The average molecular weight is 258 g/mol. The van der Waals surface area contributed by atoms with Crippen molar-refractivity contribution < 1.29 is 31.4 Å². The van der Waals surface area contributed by atoms with Gasteiger partial charge in [0.15, 0.2) is 0 Å². The minimum absolute atomic E-state index is 0.195. The molecule has 0 amide bonds. The van der Waals surface area contributed by atoms with E-state index in [1.807, 2.05) is 0 Å². The summed E-state index contributed by atoms with van der Waals surface area (Å²) >= 11 is 0. The van der Waals surface area contributed by atoms with E-state index < -0.39 is 36.5 Å². The zero-order chi connectivity index (χ0) is 13.3. The van der Waals surface area contributed by atoms with E-state index in [1.165, 1.54) is 0 Å². The van der Waals surface area contributed by atoms with Crippen molar-refractivity contribution in [3.8, 4) is 0 Å². The molecule has 0 fully saturated rings. The molecule has 0 aliphatic rings. The fraction of sp³-hybridized carbons (Fsp3) is 0.400. The Morgan fingerprint density at radius 3 is 1.82 bits per heavy atom. The molecule has 96 valence electrons. The molecule has 7 heteroatoms. The summed E-state index contributed by atoms with van der Waals surface area (Å²) in [4.78, 5) is 0. The van der Waals surface area contributed by atoms with Crippen molar-refractivity contribution in [3.63, 3.8) is 0 Å². The zero-order valence-electron chi connectivity index (χ0n) is 8.36. The molecule has 0 saturated carbocycles. The molecule has 0 bridgehead atoms. The van der Waals surface area contributed by atoms with Crippen LogP contribution >= 0.6 is 0 Å². The van der Waals surface area contributed by atoms with Crippen LogP contribution in [0, 0.1) is 0 Å². The Morgan fingerprint density at radius 2 is 1.41 bits per heavy atom. The zero-order valence-corrected chi connectivity index (χ0v) is 8.36. The molecule has 17 heavy (non-hydrogen) atoms. The van der Waals surface area contributed by atoms with Crippen molar-refractivity contribution in [1.29, 1.82) is 0 Å². The molecular weight excluding hydrogens is 250 g/mol. The van der Waals surface area contributed by atoms with Crippen LogP contribution in [0.1, 0.15) is 16.7 Å². The molecule has 1 aromatic carbocycles. The Labute approximate surface area is 92.7 Å². The third-order valence-electron chi connectivity index (χ3n) is 1.97. The Kier molecular flexibility index (Phi) is 3.71. The lowest BCUT2D eigenvalue weighted by Crippen LogP contribution is -2.13. The normalized spacial score (nSPS) is 12.9. The smallest absolute Gasteiger partial charge is 0.392 e. The Bertz CT molecular complexity index is 393. The molecule has 0 radical (unpaired) electrons. The lowest BCUT2D eigenvalue weighted by atomic mass is 10.0. The van der Waals surface area contributed by atoms with Gasteiger partial charge in [-0.25, -0.2) is 0 Å². The van der Waals surface area contributed by atoms with Gasteiger partial charge in [0.1, 0.15) is 0 Å². The summed E-state index contributed by atoms with van der Waals surface area (Å²) in [7, 11) is 0. The summed E-state index contributed by atoms with van der Waals surface area (Å²) in [6, 6.07) is 1.97. The van der Waals surface area contributed by atoms with Crippen LogP contribution in [-0.4, -0.2) is 11.3 Å². The predicted molar refractivity (Wildman–Crippen MR) is 47.1 cm³/mol. The fourth-order valence-electron chi connectivity index (χ4n) is 1.35. The number of hydrogen-bond acceptors (Lipinski definition) is 1. The fourth-order valence-corrected chi connectivity index (χ4v) is 1.35. The second-order valence-electron chi connectivity index (χ2n) is 3.49. The summed E-state index contributed by atoms with van der Waals surface area (Å²) in [5, 5.41) is 8.70. The van der Waals surface area contributed by atoms with Gasteiger partial charge >= 0.3 is 12.4 Å². The van der Waals surface area contributed by atoms with E-state index in [9.17, 15) is 26.3 Å². The van der Waals surface area contributed by atoms with Gasteiger partial charge in [-0.1, -0.05) is 6.07 Å². The lowest BCUT2D eigenvalue weighted by molar-refractivity contribution is -0.138. The Morgan fingerprint density at radius 1 is 0.882 bits per heavy atom. The second kappa shape index (κ2) is 4.56. The van der Waals surface area contributed by atoms with E-state index in [4.69, 9.17) is 5.11 Å². The van der Waals surface area contributed by atoms with Gasteiger partial charge in [0, 0.05) is 0 Å². The standard InChI is InChI=1S/C10H8F6O/c11-9(12,13)4-6-1-7(5-17)3-8(2-6)10(14,15)16/h1-3,17H,4-5H2. The summed E-state index contributed by atoms with van der Waals surface area (Å²) in [6.45, 7) is -0.741. The van der Waals surface area contributed by atoms with Gasteiger partial charge in [-0.15, -0.1) is 0 Å². The van der Waals surface area contributed by atoms with E-state index in [-0.39, 0.29) is 5.56 Å². The lowest BCUT2D eigenvalue weighted by Gasteiger charge is -2.12. The van der Waals surface area contributed by atoms with Gasteiger partial charge in [0.2, 0.25) is 0 Å². The van der Waals surface area contributed by atoms with Crippen LogP contribution in [0.25, 0.3) is 0 Å². The SMILES string of the molecule is OCc1cc(CC(F)(F)F)cc(C(F)(F)F)c1. The minimum Gasteiger partial charge on any atom is -0.392 e. The largest absolute Gasteiger partial charge is 0.416 e. The molecule has 0 unspecified atom stereocenters. The highest BCUT2D eigenvalue weighted by Crippen LogP contribution is 2.32. The van der Waals surface area contributed by atoms with Crippen LogP contribution in [0.5, 0.6) is 0 Å². The maximum Gasteiger partial charge on any atom is 0.416 e. The van der Waals surface area contributed by atoms with Crippen LogP contribution in [0.15, 0.2) is 18.2 Å². The van der Waals surface area contributed by atoms with Gasteiger partial charge in [-0.3, -0.25) is 0 Å². The van der Waals surface area contributed by atoms with Crippen LogP contribution in [0.4, 0.5) is 26.3 Å². The Balaban J connectivity index is 3.15. The number of hydrogen-bond donors (Lipinski definition) is 1. The molecular formula is C10H8F6O. The highest BCUT2D eigenvalue weighted by molar-refractivity contribution is 5.32. The number of alkyl halides is 6. The highest BCUT2D eigenvalue weighted by Gasteiger charge is 2.33. The predicted octanol–water partition coefficient (Wildman–Crippen LogP) is 3.30. The molecule has 1 N–H and O–H groups in total. The monoisotopic (exact) mass is 258 g/mol. The number of benzene rings is 1. The van der Waals surface area contributed by atoms with Crippen molar-refractivity contribution in [1.82, 2.24) is 0 Å². The molecule has 1 nitrogen and oxygen atoms in total. The molecule has 0 atom stereocenters. The first-order chi connectivity index (χ1) is 7.62. The molecule has 0 saturated heterocycles. The van der Waals surface area contributed by atoms with Gasteiger partial charge < -0.3 is 5.11 Å². The van der Waals surface area contributed by atoms with E-state index in [0.29, 0.717) is 12.1 Å². The van der Waals surface area contributed by atoms with E-state index >= 15 is 0 Å². The molecule has 1 aromatic rings. The van der Waals surface area contributed by atoms with Crippen molar-refractivity contribution in [2.24, 2.45) is 0 Å². The molecule has 0 aromatic heterocycles. The van der Waals surface area contributed by atoms with Gasteiger partial charge in [0.05, 0.1) is 18.6 Å². The summed E-state index contributed by atoms with van der Waals surface area (Å²) in [5.41, 5.74) is -1.90. The first kappa shape index (κ1) is 13.8. The van der Waals surface area contributed by atoms with Gasteiger partial charge in [0.25, 0.3) is 0 Å². The van der Waals surface area contributed by atoms with E-state index in [1.54, 1.807) is 0 Å². The summed E-state index contributed by atoms with van der Waals surface area (Å²) in [6.07, 6.45) is -10.8. The Hall–Kier alpha value is -1.24. The summed E-state index contributed by atoms with van der Waals surface area (Å²) in [5.74, 6) is 0. The second-order valence-corrected chi connectivity index (χ2v) is 3.49. The average Bonchev–Trinajstić information content (AvgIpc) is 2.13. The maximum absolute atomic E-state index is 12.4. The number of aliphatic hydroxyl groups is 1. The van der Waals surface area contributed by atoms with Crippen LogP contribution in [0.2, 0.25) is 0 Å². The van der Waals surface area contributed by atoms with E-state index in [2.05, 4.69) is 0 Å². The quantitative estimate of drug-likeness (QED) is 0.807. The van der Waals surface area contributed by atoms with Crippen LogP contribution < -0.4 is 0 Å². The number of halogens is 6. The van der Waals surface area contributed by atoms with E-state index in [0.717, 1.165) is 6.07 Å². The molecule has 0 aliphatic heterocycles. The minimum atomic E-state index is -4.73. The van der Waals surface area contributed by atoms with Crippen molar-refractivity contribution in [3.05, 3.63) is 34.9 Å². The van der Waals surface area contributed by atoms with Crippen molar-refractivity contribution in [2.75, 3.05) is 0 Å². The first-order valence-electron chi connectivity index (χ1n) is 4.49. The first-order valence-corrected chi connectivity index (χ1v) is 4.49. The topological polar surface area (TPSA) is 20.2 Å². The number of rotatable bonds is 2.